The summed E-state index contributed by atoms with van der Waals surface area (Å²) in [5, 5.41) is 5.06. The van der Waals surface area contributed by atoms with Crippen LogP contribution in [0.3, 0.4) is 0 Å². The molecule has 0 spiro atoms. The van der Waals surface area contributed by atoms with Crippen molar-refractivity contribution in [1.29, 1.82) is 0 Å². The van der Waals surface area contributed by atoms with Crippen LogP contribution in [0.25, 0.3) is 10.8 Å². The van der Waals surface area contributed by atoms with Gasteiger partial charge < -0.3 is 10.1 Å². The van der Waals surface area contributed by atoms with Gasteiger partial charge in [0.25, 0.3) is 5.91 Å². The third kappa shape index (κ3) is 3.40. The summed E-state index contributed by atoms with van der Waals surface area (Å²) in [6.07, 6.45) is 0. The van der Waals surface area contributed by atoms with E-state index in [1.54, 1.807) is 0 Å². The number of anilines is 1. The number of fused-ring (bicyclic) bond motifs is 1. The Kier molecular flexibility index (Phi) is 4.52. The van der Waals surface area contributed by atoms with Crippen LogP contribution in [0.1, 0.15) is 16.7 Å². The largest absolute Gasteiger partial charge is 0.483 e. The lowest BCUT2D eigenvalue weighted by atomic mass is 10.1. The molecule has 0 heterocycles. The van der Waals surface area contributed by atoms with Crippen molar-refractivity contribution in [3.63, 3.8) is 0 Å². The SMILES string of the molecule is Cc1cc(C)c(OCC(=O)Nc2cccc3ccccc23)c(C)c1. The molecule has 122 valence electrons. The van der Waals surface area contributed by atoms with Gasteiger partial charge in [-0.05, 0) is 43.4 Å². The molecule has 3 heteroatoms. The highest BCUT2D eigenvalue weighted by molar-refractivity contribution is 6.02. The number of hydrogen-bond donors (Lipinski definition) is 1. The monoisotopic (exact) mass is 319 g/mol. The average Bonchev–Trinajstić information content (AvgIpc) is 2.54. The van der Waals surface area contributed by atoms with Crippen LogP contribution in [0.15, 0.2) is 54.6 Å². The number of rotatable bonds is 4. The molecular formula is C21H21NO2. The van der Waals surface area contributed by atoms with Crippen LogP contribution >= 0.6 is 0 Å². The van der Waals surface area contributed by atoms with Crippen LogP contribution in [0.4, 0.5) is 5.69 Å². The topological polar surface area (TPSA) is 38.3 Å². The Morgan fingerprint density at radius 1 is 0.958 bits per heavy atom. The third-order valence-corrected chi connectivity index (χ3v) is 4.02. The maximum atomic E-state index is 12.3. The summed E-state index contributed by atoms with van der Waals surface area (Å²) in [6, 6.07) is 18.0. The molecule has 3 aromatic rings. The predicted octanol–water partition coefficient (Wildman–Crippen LogP) is 4.78. The first-order chi connectivity index (χ1) is 11.5. The molecule has 0 saturated carbocycles. The highest BCUT2D eigenvalue weighted by Gasteiger charge is 2.10. The van der Waals surface area contributed by atoms with Crippen molar-refractivity contribution in [2.45, 2.75) is 20.8 Å². The molecule has 0 bridgehead atoms. The molecule has 0 aliphatic carbocycles. The molecule has 1 N–H and O–H groups in total. The Morgan fingerprint density at radius 3 is 2.38 bits per heavy atom. The minimum absolute atomic E-state index is 0.00599. The van der Waals surface area contributed by atoms with Crippen LogP contribution in [-0.4, -0.2) is 12.5 Å². The smallest absolute Gasteiger partial charge is 0.262 e. The number of ether oxygens (including phenoxy) is 1. The van der Waals surface area contributed by atoms with Crippen molar-refractivity contribution in [2.24, 2.45) is 0 Å². The van der Waals surface area contributed by atoms with Gasteiger partial charge in [-0.15, -0.1) is 0 Å². The van der Waals surface area contributed by atoms with Gasteiger partial charge in [-0.2, -0.15) is 0 Å². The summed E-state index contributed by atoms with van der Waals surface area (Å²) in [5.74, 6) is 0.624. The first-order valence-corrected chi connectivity index (χ1v) is 8.03. The second-order valence-corrected chi connectivity index (χ2v) is 6.09. The number of hydrogen-bond acceptors (Lipinski definition) is 2. The van der Waals surface area contributed by atoms with E-state index in [9.17, 15) is 4.79 Å². The van der Waals surface area contributed by atoms with Gasteiger partial charge >= 0.3 is 0 Å². The lowest BCUT2D eigenvalue weighted by Gasteiger charge is -2.14. The standard InChI is InChI=1S/C21H21NO2/c1-14-11-15(2)21(16(3)12-14)24-13-20(23)22-19-10-6-8-17-7-4-5-9-18(17)19/h4-12H,13H2,1-3H3,(H,22,23). The zero-order chi connectivity index (χ0) is 17.1. The lowest BCUT2D eigenvalue weighted by molar-refractivity contribution is -0.118. The number of aryl methyl sites for hydroxylation is 3. The molecule has 0 fully saturated rings. The summed E-state index contributed by atoms with van der Waals surface area (Å²) < 4.78 is 5.76. The quantitative estimate of drug-likeness (QED) is 0.751. The van der Waals surface area contributed by atoms with E-state index < -0.39 is 0 Å². The van der Waals surface area contributed by atoms with Crippen molar-refractivity contribution < 1.29 is 9.53 Å². The van der Waals surface area contributed by atoms with E-state index in [2.05, 4.69) is 24.4 Å². The molecule has 0 atom stereocenters. The van der Waals surface area contributed by atoms with Crippen molar-refractivity contribution >= 4 is 22.4 Å². The van der Waals surface area contributed by atoms with E-state index in [0.717, 1.165) is 33.3 Å². The maximum absolute atomic E-state index is 12.3. The van der Waals surface area contributed by atoms with Gasteiger partial charge in [-0.1, -0.05) is 54.1 Å². The van der Waals surface area contributed by atoms with Crippen molar-refractivity contribution in [3.05, 3.63) is 71.3 Å². The summed E-state index contributed by atoms with van der Waals surface area (Å²) >= 11 is 0. The zero-order valence-corrected chi connectivity index (χ0v) is 14.2. The second kappa shape index (κ2) is 6.75. The Labute approximate surface area is 142 Å². The van der Waals surface area contributed by atoms with E-state index >= 15 is 0 Å². The Bertz CT molecular complexity index is 871. The fourth-order valence-corrected chi connectivity index (χ4v) is 3.05. The lowest BCUT2D eigenvalue weighted by Crippen LogP contribution is -2.20. The zero-order valence-electron chi connectivity index (χ0n) is 14.2. The fraction of sp³-hybridized carbons (Fsp3) is 0.190. The van der Waals surface area contributed by atoms with Crippen LogP contribution in [0.2, 0.25) is 0 Å². The molecule has 1 amide bonds. The molecule has 0 aromatic heterocycles. The minimum atomic E-state index is -0.161. The number of amides is 1. The van der Waals surface area contributed by atoms with E-state index in [1.807, 2.05) is 56.3 Å². The van der Waals surface area contributed by atoms with Gasteiger partial charge in [0.1, 0.15) is 5.75 Å². The van der Waals surface area contributed by atoms with Crippen LogP contribution < -0.4 is 10.1 Å². The maximum Gasteiger partial charge on any atom is 0.262 e. The van der Waals surface area contributed by atoms with Gasteiger partial charge in [-0.25, -0.2) is 0 Å². The highest BCUT2D eigenvalue weighted by atomic mass is 16.5. The first kappa shape index (κ1) is 16.1. The molecule has 0 aliphatic rings. The van der Waals surface area contributed by atoms with Crippen molar-refractivity contribution in [3.8, 4) is 5.75 Å². The number of nitrogens with one attached hydrogen (secondary N) is 1. The first-order valence-electron chi connectivity index (χ1n) is 8.03. The predicted molar refractivity (Wildman–Crippen MR) is 98.7 cm³/mol. The minimum Gasteiger partial charge on any atom is -0.483 e. The van der Waals surface area contributed by atoms with Crippen LogP contribution in [-0.2, 0) is 4.79 Å². The Hall–Kier alpha value is -2.81. The van der Waals surface area contributed by atoms with Gasteiger partial charge in [-0.3, -0.25) is 4.79 Å². The second-order valence-electron chi connectivity index (χ2n) is 6.09. The highest BCUT2D eigenvalue weighted by Crippen LogP contribution is 2.25. The van der Waals surface area contributed by atoms with Gasteiger partial charge in [0.2, 0.25) is 0 Å². The summed E-state index contributed by atoms with van der Waals surface area (Å²) in [6.45, 7) is 6.04. The molecule has 3 aromatic carbocycles. The average molecular weight is 319 g/mol. The molecule has 3 rings (SSSR count). The molecule has 0 aliphatic heterocycles. The number of carbonyl (C=O) groups is 1. The molecule has 24 heavy (non-hydrogen) atoms. The molecule has 0 radical (unpaired) electrons. The van der Waals surface area contributed by atoms with Crippen molar-refractivity contribution in [1.82, 2.24) is 0 Å². The Balaban J connectivity index is 1.72. The summed E-state index contributed by atoms with van der Waals surface area (Å²) in [5.41, 5.74) is 4.09. The van der Waals surface area contributed by atoms with Gasteiger partial charge in [0.05, 0.1) is 0 Å². The molecular weight excluding hydrogens is 298 g/mol. The molecule has 0 saturated heterocycles. The van der Waals surface area contributed by atoms with E-state index in [1.165, 1.54) is 5.56 Å². The van der Waals surface area contributed by atoms with E-state index in [4.69, 9.17) is 4.74 Å². The summed E-state index contributed by atoms with van der Waals surface area (Å²) in [7, 11) is 0. The molecule has 0 unspecified atom stereocenters. The van der Waals surface area contributed by atoms with Gasteiger partial charge in [0.15, 0.2) is 6.61 Å². The molecule has 3 nitrogen and oxygen atoms in total. The van der Waals surface area contributed by atoms with Crippen LogP contribution in [0, 0.1) is 20.8 Å². The Morgan fingerprint density at radius 2 is 1.62 bits per heavy atom. The summed E-state index contributed by atoms with van der Waals surface area (Å²) in [4.78, 5) is 12.3. The number of carbonyl (C=O) groups excluding carboxylic acids is 1. The van der Waals surface area contributed by atoms with Crippen molar-refractivity contribution in [2.75, 3.05) is 11.9 Å². The third-order valence-electron chi connectivity index (χ3n) is 4.02. The van der Waals surface area contributed by atoms with E-state index in [-0.39, 0.29) is 12.5 Å². The van der Waals surface area contributed by atoms with Crippen LogP contribution in [0.5, 0.6) is 5.75 Å². The normalized spacial score (nSPS) is 10.6. The number of benzene rings is 3. The van der Waals surface area contributed by atoms with E-state index in [0.29, 0.717) is 0 Å². The fourth-order valence-electron chi connectivity index (χ4n) is 3.05. The van der Waals surface area contributed by atoms with Gasteiger partial charge in [0, 0.05) is 11.1 Å².